The Morgan fingerprint density at radius 1 is 1.14 bits per heavy atom. The van der Waals surface area contributed by atoms with Crippen molar-refractivity contribution in [1.29, 1.82) is 0 Å². The van der Waals surface area contributed by atoms with Crippen molar-refractivity contribution in [3.05, 3.63) is 59.7 Å². The highest BCUT2D eigenvalue weighted by atomic mass is 32.1. The molecule has 0 amide bonds. The van der Waals surface area contributed by atoms with Gasteiger partial charge in [-0.05, 0) is 47.6 Å². The van der Waals surface area contributed by atoms with Crippen molar-refractivity contribution in [2.75, 3.05) is 12.4 Å². The minimum absolute atomic E-state index is 0.0154. The van der Waals surface area contributed by atoms with Gasteiger partial charge in [-0.1, -0.05) is 24.3 Å². The Kier molecular flexibility index (Phi) is 5.54. The molecule has 0 saturated carbocycles. The van der Waals surface area contributed by atoms with Gasteiger partial charge in [0.25, 0.3) is 0 Å². The van der Waals surface area contributed by atoms with E-state index in [0.717, 1.165) is 22.6 Å². The van der Waals surface area contributed by atoms with Gasteiger partial charge < -0.3 is 20.5 Å². The summed E-state index contributed by atoms with van der Waals surface area (Å²) >= 11 is 5.25. The Hall–Kier alpha value is -2.11. The molecule has 0 aromatic heterocycles. The van der Waals surface area contributed by atoms with Crippen LogP contribution in [-0.4, -0.2) is 17.3 Å². The molecule has 0 aliphatic rings. The normalized spacial score (nSPS) is 10.0. The van der Waals surface area contributed by atoms with Gasteiger partial charge in [0, 0.05) is 12.2 Å². The molecular formula is C16H18N2O2S. The van der Waals surface area contributed by atoms with Crippen molar-refractivity contribution in [2.45, 2.75) is 13.2 Å². The number of benzene rings is 2. The van der Waals surface area contributed by atoms with Crippen LogP contribution in [0, 0.1) is 0 Å². The zero-order valence-electron chi connectivity index (χ0n) is 11.8. The molecule has 0 fully saturated rings. The van der Waals surface area contributed by atoms with Gasteiger partial charge in [0.2, 0.25) is 0 Å². The molecule has 3 N–H and O–H groups in total. The monoisotopic (exact) mass is 302 g/mol. The number of thiocarbonyl (C=S) groups is 1. The molecule has 0 atom stereocenters. The molecule has 2 aromatic rings. The number of rotatable bonds is 5. The molecule has 0 bridgehead atoms. The highest BCUT2D eigenvalue weighted by Crippen LogP contribution is 2.12. The summed E-state index contributed by atoms with van der Waals surface area (Å²) in [6, 6.07) is 15.3. The lowest BCUT2D eigenvalue weighted by Crippen LogP contribution is -2.27. The van der Waals surface area contributed by atoms with Crippen LogP contribution in [0.1, 0.15) is 11.1 Å². The first-order chi connectivity index (χ1) is 10.2. The van der Waals surface area contributed by atoms with Gasteiger partial charge >= 0.3 is 0 Å². The number of ether oxygens (including phenoxy) is 1. The van der Waals surface area contributed by atoms with E-state index in [0.29, 0.717) is 11.7 Å². The standard InChI is InChI=1S/C16H18N2O2S/c1-20-15-7-5-12(6-8-15)10-17-16(21)18-14-4-2-3-13(9-14)11-19/h2-9,19H,10-11H2,1H3,(H2,17,18,21). The average Bonchev–Trinajstić information content (AvgIpc) is 2.53. The minimum Gasteiger partial charge on any atom is -0.497 e. The van der Waals surface area contributed by atoms with E-state index in [1.807, 2.05) is 48.5 Å². The summed E-state index contributed by atoms with van der Waals surface area (Å²) in [7, 11) is 1.65. The molecule has 5 heteroatoms. The Morgan fingerprint density at radius 3 is 2.57 bits per heavy atom. The van der Waals surface area contributed by atoms with E-state index in [2.05, 4.69) is 10.6 Å². The molecule has 2 rings (SSSR count). The van der Waals surface area contributed by atoms with Crippen LogP contribution in [0.4, 0.5) is 5.69 Å². The van der Waals surface area contributed by atoms with Crippen LogP contribution in [-0.2, 0) is 13.2 Å². The topological polar surface area (TPSA) is 53.5 Å². The first-order valence-corrected chi connectivity index (χ1v) is 6.99. The van der Waals surface area contributed by atoms with E-state index in [9.17, 15) is 0 Å². The lowest BCUT2D eigenvalue weighted by atomic mass is 10.2. The number of methoxy groups -OCH3 is 1. The third-order valence-corrected chi connectivity index (χ3v) is 3.23. The van der Waals surface area contributed by atoms with Gasteiger partial charge in [-0.3, -0.25) is 0 Å². The van der Waals surface area contributed by atoms with Crippen molar-refractivity contribution in [2.24, 2.45) is 0 Å². The van der Waals surface area contributed by atoms with Crippen LogP contribution in [0.5, 0.6) is 5.75 Å². The van der Waals surface area contributed by atoms with Gasteiger partial charge in [0.15, 0.2) is 5.11 Å². The lowest BCUT2D eigenvalue weighted by Gasteiger charge is -2.11. The van der Waals surface area contributed by atoms with Crippen LogP contribution >= 0.6 is 12.2 Å². The number of anilines is 1. The second-order valence-electron chi connectivity index (χ2n) is 4.51. The quantitative estimate of drug-likeness (QED) is 0.741. The van der Waals surface area contributed by atoms with E-state index < -0.39 is 0 Å². The Morgan fingerprint density at radius 2 is 1.90 bits per heavy atom. The van der Waals surface area contributed by atoms with E-state index in [-0.39, 0.29) is 6.61 Å². The largest absolute Gasteiger partial charge is 0.497 e. The van der Waals surface area contributed by atoms with E-state index in [4.69, 9.17) is 22.1 Å². The summed E-state index contributed by atoms with van der Waals surface area (Å²) in [6.07, 6.45) is 0. The Bertz CT molecular complexity index is 599. The number of hydrogen-bond donors (Lipinski definition) is 3. The Labute approximate surface area is 129 Å². The van der Waals surface area contributed by atoms with E-state index in [1.54, 1.807) is 7.11 Å². The van der Waals surface area contributed by atoms with E-state index >= 15 is 0 Å². The van der Waals surface area contributed by atoms with Crippen LogP contribution in [0.25, 0.3) is 0 Å². The van der Waals surface area contributed by atoms with Gasteiger partial charge in [0.05, 0.1) is 13.7 Å². The maximum absolute atomic E-state index is 9.10. The SMILES string of the molecule is COc1ccc(CNC(=S)Nc2cccc(CO)c2)cc1. The summed E-state index contributed by atoms with van der Waals surface area (Å²) in [5.41, 5.74) is 2.82. The predicted octanol–water partition coefficient (Wildman–Crippen LogP) is 2.67. The first-order valence-electron chi connectivity index (χ1n) is 6.59. The van der Waals surface area contributed by atoms with Crippen molar-refractivity contribution in [1.82, 2.24) is 5.32 Å². The molecule has 21 heavy (non-hydrogen) atoms. The number of aliphatic hydroxyl groups is 1. The fraction of sp³-hybridized carbons (Fsp3) is 0.188. The lowest BCUT2D eigenvalue weighted by molar-refractivity contribution is 0.282. The van der Waals surface area contributed by atoms with Crippen LogP contribution in [0.15, 0.2) is 48.5 Å². The second kappa shape index (κ2) is 7.61. The zero-order chi connectivity index (χ0) is 15.1. The molecule has 4 nitrogen and oxygen atoms in total. The van der Waals surface area contributed by atoms with Crippen molar-refractivity contribution >= 4 is 23.0 Å². The molecule has 0 spiro atoms. The summed E-state index contributed by atoms with van der Waals surface area (Å²) in [5.74, 6) is 0.834. The summed E-state index contributed by atoms with van der Waals surface area (Å²) < 4.78 is 5.12. The van der Waals surface area contributed by atoms with Crippen molar-refractivity contribution < 1.29 is 9.84 Å². The number of hydrogen-bond acceptors (Lipinski definition) is 3. The molecular weight excluding hydrogens is 284 g/mol. The molecule has 2 aromatic carbocycles. The number of nitrogens with one attached hydrogen (secondary N) is 2. The highest BCUT2D eigenvalue weighted by molar-refractivity contribution is 7.80. The average molecular weight is 302 g/mol. The maximum Gasteiger partial charge on any atom is 0.171 e. The van der Waals surface area contributed by atoms with Crippen LogP contribution in [0.2, 0.25) is 0 Å². The third-order valence-electron chi connectivity index (χ3n) is 2.98. The fourth-order valence-corrected chi connectivity index (χ4v) is 2.04. The van der Waals surface area contributed by atoms with E-state index in [1.165, 1.54) is 0 Å². The van der Waals surface area contributed by atoms with Gasteiger partial charge in [-0.25, -0.2) is 0 Å². The fourth-order valence-electron chi connectivity index (χ4n) is 1.85. The van der Waals surface area contributed by atoms with Crippen molar-refractivity contribution in [3.63, 3.8) is 0 Å². The second-order valence-corrected chi connectivity index (χ2v) is 4.92. The van der Waals surface area contributed by atoms with Crippen LogP contribution in [0.3, 0.4) is 0 Å². The molecule has 110 valence electrons. The smallest absolute Gasteiger partial charge is 0.171 e. The maximum atomic E-state index is 9.10. The van der Waals surface area contributed by atoms with Gasteiger partial charge in [-0.15, -0.1) is 0 Å². The summed E-state index contributed by atoms with van der Waals surface area (Å²) in [6.45, 7) is 0.650. The molecule has 0 heterocycles. The van der Waals surface area contributed by atoms with Crippen LogP contribution < -0.4 is 15.4 Å². The third kappa shape index (κ3) is 4.73. The summed E-state index contributed by atoms with van der Waals surface area (Å²) in [5, 5.41) is 15.9. The van der Waals surface area contributed by atoms with Gasteiger partial charge in [0.1, 0.15) is 5.75 Å². The van der Waals surface area contributed by atoms with Crippen molar-refractivity contribution in [3.8, 4) is 5.75 Å². The predicted molar refractivity (Wildman–Crippen MR) is 88.4 cm³/mol. The zero-order valence-corrected chi connectivity index (χ0v) is 12.6. The minimum atomic E-state index is 0.0154. The summed E-state index contributed by atoms with van der Waals surface area (Å²) in [4.78, 5) is 0. The number of aliphatic hydroxyl groups excluding tert-OH is 1. The molecule has 0 unspecified atom stereocenters. The molecule has 0 saturated heterocycles. The molecule has 0 radical (unpaired) electrons. The molecule has 0 aliphatic carbocycles. The first kappa shape index (κ1) is 15.3. The Balaban J connectivity index is 1.86. The highest BCUT2D eigenvalue weighted by Gasteiger charge is 2.00. The van der Waals surface area contributed by atoms with Gasteiger partial charge in [-0.2, -0.15) is 0 Å². The molecule has 0 aliphatic heterocycles.